The van der Waals surface area contributed by atoms with Gasteiger partial charge < -0.3 is 21.1 Å². The van der Waals surface area contributed by atoms with Crippen molar-refractivity contribution in [1.82, 2.24) is 0 Å². The molecule has 0 spiro atoms. The van der Waals surface area contributed by atoms with Crippen molar-refractivity contribution in [1.29, 1.82) is 0 Å². The number of aliphatic hydroxyl groups is 3. The van der Waals surface area contributed by atoms with Gasteiger partial charge in [0.25, 0.3) is 0 Å². The molecule has 5 heteroatoms. The number of hydrogen-bond acceptors (Lipinski definition) is 4. The Morgan fingerprint density at radius 2 is 1.26 bits per heavy atom. The van der Waals surface area contributed by atoms with E-state index in [1.165, 1.54) is 0 Å². The van der Waals surface area contributed by atoms with E-state index >= 15 is 0 Å². The van der Waals surface area contributed by atoms with Gasteiger partial charge in [-0.25, -0.2) is 0 Å². The smallest absolute Gasteiger partial charge is 0.0433 e. The van der Waals surface area contributed by atoms with E-state index in [1.54, 1.807) is 0 Å². The molecule has 0 saturated heterocycles. The van der Waals surface area contributed by atoms with Crippen LogP contribution in [-0.4, -0.2) is 41.7 Å². The summed E-state index contributed by atoms with van der Waals surface area (Å²) in [5.41, 5.74) is 5.28. The van der Waals surface area contributed by atoms with Crippen molar-refractivity contribution in [2.24, 2.45) is 11.7 Å². The Kier molecular flexibility index (Phi) is 45.6. The van der Waals surface area contributed by atoms with Crippen molar-refractivity contribution in [2.45, 2.75) is 59.3 Å². The van der Waals surface area contributed by atoms with Crippen LogP contribution >= 0.6 is 0 Å². The predicted octanol–water partition coefficient (Wildman–Crippen LogP) is 1.91. The molecule has 0 heterocycles. The van der Waals surface area contributed by atoms with Crippen LogP contribution in [0.2, 0.25) is 0 Å². The van der Waals surface area contributed by atoms with Crippen molar-refractivity contribution in [3.8, 4) is 0 Å². The van der Waals surface area contributed by atoms with Gasteiger partial charge in [-0.1, -0.05) is 33.6 Å². The van der Waals surface area contributed by atoms with E-state index in [0.29, 0.717) is 25.7 Å². The maximum absolute atomic E-state index is 8.42. The van der Waals surface area contributed by atoms with E-state index in [4.69, 9.17) is 21.1 Å². The van der Waals surface area contributed by atoms with Crippen LogP contribution in [0.5, 0.6) is 0 Å². The first-order valence-corrected chi connectivity index (χ1v) is 7.16. The van der Waals surface area contributed by atoms with Gasteiger partial charge in [0.15, 0.2) is 0 Å². The summed E-state index contributed by atoms with van der Waals surface area (Å²) in [5.74, 6) is 0.588. The molecule has 0 aromatic carbocycles. The molecule has 0 aliphatic carbocycles. The summed E-state index contributed by atoms with van der Waals surface area (Å²) < 4.78 is 0. The molecule has 0 saturated carbocycles. The van der Waals surface area contributed by atoms with E-state index < -0.39 is 0 Å². The molecule has 0 rings (SSSR count). The zero-order valence-corrected chi connectivity index (χ0v) is 14.6. The summed E-state index contributed by atoms with van der Waals surface area (Å²) in [4.78, 5) is 0. The van der Waals surface area contributed by atoms with Gasteiger partial charge in [-0.05, 0) is 38.1 Å². The third kappa shape index (κ3) is 45.6. The molecule has 0 bridgehead atoms. The molecule has 0 fully saturated rings. The van der Waals surface area contributed by atoms with Gasteiger partial charge >= 0.3 is 0 Å². The van der Waals surface area contributed by atoms with E-state index in [-0.39, 0.29) is 21.7 Å². The van der Waals surface area contributed by atoms with Crippen molar-refractivity contribution in [2.75, 3.05) is 26.4 Å². The van der Waals surface area contributed by atoms with Crippen molar-refractivity contribution in [3.05, 3.63) is 0 Å². The monoisotopic (exact) mass is 313 g/mol. The SMILES string of the molecule is CC(CCN)CCO.CCCCO.CCCCO.[Ti]. The molecule has 0 aromatic heterocycles. The summed E-state index contributed by atoms with van der Waals surface area (Å²) in [6.45, 7) is 7.92. The minimum Gasteiger partial charge on any atom is -0.396 e. The van der Waals surface area contributed by atoms with Crippen molar-refractivity contribution < 1.29 is 37.0 Å². The van der Waals surface area contributed by atoms with Crippen LogP contribution < -0.4 is 5.73 Å². The van der Waals surface area contributed by atoms with Gasteiger partial charge in [-0.3, -0.25) is 0 Å². The van der Waals surface area contributed by atoms with Gasteiger partial charge in [-0.2, -0.15) is 0 Å². The zero-order chi connectivity index (χ0) is 14.6. The fourth-order valence-electron chi connectivity index (χ4n) is 0.965. The number of rotatable bonds is 8. The molecular formula is C14H35NO3Ti. The summed E-state index contributed by atoms with van der Waals surface area (Å²) in [5, 5.41) is 24.6. The largest absolute Gasteiger partial charge is 0.396 e. The van der Waals surface area contributed by atoms with Crippen molar-refractivity contribution >= 4 is 0 Å². The third-order valence-electron chi connectivity index (χ3n) is 2.30. The molecular weight excluding hydrogens is 278 g/mol. The molecule has 0 aliphatic heterocycles. The van der Waals surface area contributed by atoms with Crippen LogP contribution in [0.15, 0.2) is 0 Å². The van der Waals surface area contributed by atoms with Gasteiger partial charge in [0.1, 0.15) is 0 Å². The summed E-state index contributed by atoms with van der Waals surface area (Å²) in [7, 11) is 0. The predicted molar refractivity (Wildman–Crippen MR) is 78.5 cm³/mol. The Morgan fingerprint density at radius 3 is 1.42 bits per heavy atom. The first-order valence-electron chi connectivity index (χ1n) is 7.16. The van der Waals surface area contributed by atoms with Gasteiger partial charge in [0, 0.05) is 41.5 Å². The molecule has 118 valence electrons. The third-order valence-corrected chi connectivity index (χ3v) is 2.30. The fraction of sp³-hybridized carbons (Fsp3) is 1.00. The van der Waals surface area contributed by atoms with E-state index in [2.05, 4.69) is 20.8 Å². The molecule has 1 atom stereocenters. The molecule has 5 N–H and O–H groups in total. The Morgan fingerprint density at radius 1 is 0.842 bits per heavy atom. The number of aliphatic hydroxyl groups excluding tert-OH is 3. The van der Waals surface area contributed by atoms with Crippen LogP contribution in [0.3, 0.4) is 0 Å². The minimum atomic E-state index is 0. The molecule has 19 heavy (non-hydrogen) atoms. The van der Waals surface area contributed by atoms with E-state index in [1.807, 2.05) is 0 Å². The first-order chi connectivity index (χ1) is 8.64. The maximum Gasteiger partial charge on any atom is 0.0433 e. The Labute approximate surface area is 134 Å². The molecule has 0 amide bonds. The van der Waals surface area contributed by atoms with Crippen LogP contribution in [0.25, 0.3) is 0 Å². The van der Waals surface area contributed by atoms with E-state index in [9.17, 15) is 0 Å². The average Bonchev–Trinajstić information content (AvgIpc) is 2.33. The second-order valence-corrected chi connectivity index (χ2v) is 4.35. The normalized spacial score (nSPS) is 10.3. The second kappa shape index (κ2) is 31.1. The van der Waals surface area contributed by atoms with Gasteiger partial charge in [0.05, 0.1) is 0 Å². The zero-order valence-electron chi connectivity index (χ0n) is 13.1. The number of hydrogen-bond donors (Lipinski definition) is 4. The van der Waals surface area contributed by atoms with Gasteiger partial charge in [-0.15, -0.1) is 0 Å². The molecule has 0 aliphatic rings. The van der Waals surface area contributed by atoms with Gasteiger partial charge in [0.2, 0.25) is 0 Å². The summed E-state index contributed by atoms with van der Waals surface area (Å²) >= 11 is 0. The quantitative estimate of drug-likeness (QED) is 0.516. The summed E-state index contributed by atoms with van der Waals surface area (Å²) in [6.07, 6.45) is 5.99. The molecule has 1 unspecified atom stereocenters. The van der Waals surface area contributed by atoms with E-state index in [0.717, 1.165) is 45.1 Å². The first kappa shape index (κ1) is 27.8. The standard InChI is InChI=1S/C6H15NO.2C4H10O.Ti/c1-6(2-4-7)3-5-8;2*1-2-3-4-5;/h6,8H,2-5,7H2,1H3;2*5H,2-4H2,1H3;. The molecule has 0 radical (unpaired) electrons. The molecule has 0 aromatic rings. The maximum atomic E-state index is 8.42. The van der Waals surface area contributed by atoms with Crippen LogP contribution in [0.1, 0.15) is 59.3 Å². The average molecular weight is 313 g/mol. The Hall–Kier alpha value is 0.554. The molecule has 4 nitrogen and oxygen atoms in total. The van der Waals surface area contributed by atoms with Crippen LogP contribution in [-0.2, 0) is 21.7 Å². The van der Waals surface area contributed by atoms with Crippen molar-refractivity contribution in [3.63, 3.8) is 0 Å². The van der Waals surface area contributed by atoms with Crippen LogP contribution in [0, 0.1) is 5.92 Å². The minimum absolute atomic E-state index is 0. The topological polar surface area (TPSA) is 86.7 Å². The second-order valence-electron chi connectivity index (χ2n) is 4.35. The number of unbranched alkanes of at least 4 members (excludes halogenated alkanes) is 2. The van der Waals surface area contributed by atoms with Crippen LogP contribution in [0.4, 0.5) is 0 Å². The Bertz CT molecular complexity index is 103. The number of nitrogens with two attached hydrogens (primary N) is 1. The fourth-order valence-corrected chi connectivity index (χ4v) is 0.965. The summed E-state index contributed by atoms with van der Waals surface area (Å²) in [6, 6.07) is 0. The Balaban J connectivity index is -0.0000000906.